The third kappa shape index (κ3) is 2.06. The number of aromatic carboxylic acids is 1. The van der Waals surface area contributed by atoms with Crippen molar-refractivity contribution < 1.29 is 9.90 Å². The second-order valence-corrected chi connectivity index (χ2v) is 2.78. The number of carbonyl (C=O) groups is 1. The molecule has 0 amide bonds. The molecule has 1 aromatic rings. The quantitative estimate of drug-likeness (QED) is 0.747. The van der Waals surface area contributed by atoms with Gasteiger partial charge in [0.2, 0.25) is 0 Å². The summed E-state index contributed by atoms with van der Waals surface area (Å²) in [5.74, 6) is -1.23. The molecule has 1 N–H and O–H groups in total. The predicted molar refractivity (Wildman–Crippen MR) is 47.4 cm³/mol. The van der Waals surface area contributed by atoms with E-state index in [0.717, 1.165) is 5.56 Å². The highest BCUT2D eigenvalue weighted by Crippen LogP contribution is 2.15. The maximum absolute atomic E-state index is 10.6. The smallest absolute Gasteiger partial charge is 0.335 e. The number of hydrogen-bond donors (Lipinski definition) is 1. The number of nitrogens with zero attached hydrogens (tertiary/aromatic N) is 1. The molecule has 0 heterocycles. The molecule has 0 aliphatic carbocycles. The number of carboxylic acids is 1. The van der Waals surface area contributed by atoms with E-state index in [-0.39, 0.29) is 11.5 Å². The molecule has 3 heteroatoms. The van der Waals surface area contributed by atoms with Crippen molar-refractivity contribution in [2.75, 3.05) is 0 Å². The zero-order valence-electron chi connectivity index (χ0n) is 7.19. The number of rotatable bonds is 2. The Morgan fingerprint density at radius 1 is 1.62 bits per heavy atom. The summed E-state index contributed by atoms with van der Waals surface area (Å²) in [6, 6.07) is 8.48. The van der Waals surface area contributed by atoms with E-state index >= 15 is 0 Å². The Bertz CT molecular complexity index is 365. The molecular formula is C10H9NO2. The molecule has 0 saturated carbocycles. The molecule has 0 saturated heterocycles. The fourth-order valence-corrected chi connectivity index (χ4v) is 1.02. The van der Waals surface area contributed by atoms with Crippen molar-refractivity contribution in [1.29, 1.82) is 5.26 Å². The largest absolute Gasteiger partial charge is 0.478 e. The zero-order valence-corrected chi connectivity index (χ0v) is 7.19. The van der Waals surface area contributed by atoms with Gasteiger partial charge in [-0.3, -0.25) is 0 Å². The van der Waals surface area contributed by atoms with Crippen LogP contribution in [0.4, 0.5) is 0 Å². The van der Waals surface area contributed by atoms with Crippen LogP contribution in [0.15, 0.2) is 24.3 Å². The van der Waals surface area contributed by atoms with Crippen molar-refractivity contribution in [2.45, 2.75) is 12.8 Å². The van der Waals surface area contributed by atoms with Gasteiger partial charge in [0.25, 0.3) is 0 Å². The average Bonchev–Trinajstić information content (AvgIpc) is 2.17. The molecule has 0 aliphatic rings. The summed E-state index contributed by atoms with van der Waals surface area (Å²) >= 11 is 0. The summed E-state index contributed by atoms with van der Waals surface area (Å²) < 4.78 is 0. The van der Waals surface area contributed by atoms with Gasteiger partial charge in [-0.15, -0.1) is 0 Å². The first-order chi connectivity index (χ1) is 6.15. The van der Waals surface area contributed by atoms with Crippen molar-refractivity contribution in [3.63, 3.8) is 0 Å². The summed E-state index contributed by atoms with van der Waals surface area (Å²) in [6.07, 6.45) is 0. The second kappa shape index (κ2) is 3.72. The van der Waals surface area contributed by atoms with E-state index in [0.29, 0.717) is 0 Å². The number of hydrogen-bond acceptors (Lipinski definition) is 2. The van der Waals surface area contributed by atoms with Gasteiger partial charge in [-0.25, -0.2) is 4.79 Å². The summed E-state index contributed by atoms with van der Waals surface area (Å²) in [5, 5.41) is 17.3. The maximum Gasteiger partial charge on any atom is 0.335 e. The van der Waals surface area contributed by atoms with E-state index in [1.807, 2.05) is 0 Å². The van der Waals surface area contributed by atoms with Gasteiger partial charge in [0.05, 0.1) is 17.6 Å². The molecule has 0 fully saturated rings. The first kappa shape index (κ1) is 9.27. The van der Waals surface area contributed by atoms with Crippen LogP contribution in [0.3, 0.4) is 0 Å². The molecule has 1 rings (SSSR count). The molecule has 13 heavy (non-hydrogen) atoms. The van der Waals surface area contributed by atoms with E-state index in [9.17, 15) is 4.79 Å². The third-order valence-electron chi connectivity index (χ3n) is 1.83. The van der Waals surface area contributed by atoms with Gasteiger partial charge in [-0.2, -0.15) is 5.26 Å². The molecule has 3 nitrogen and oxygen atoms in total. The van der Waals surface area contributed by atoms with E-state index in [1.165, 1.54) is 12.1 Å². The van der Waals surface area contributed by atoms with Gasteiger partial charge >= 0.3 is 5.97 Å². The van der Waals surface area contributed by atoms with Gasteiger partial charge in [0, 0.05) is 0 Å². The van der Waals surface area contributed by atoms with E-state index in [4.69, 9.17) is 10.4 Å². The standard InChI is InChI=1S/C10H9NO2/c1-7(6-11)8-3-2-4-9(5-8)10(12)13/h2-5,7H,1H3,(H,12,13)/t7-/m0/s1. The zero-order chi connectivity index (χ0) is 9.84. The molecule has 0 aromatic heterocycles. The lowest BCUT2D eigenvalue weighted by Crippen LogP contribution is -1.98. The van der Waals surface area contributed by atoms with E-state index in [1.54, 1.807) is 19.1 Å². The molecule has 0 aliphatic heterocycles. The van der Waals surface area contributed by atoms with Crippen molar-refractivity contribution in [3.8, 4) is 6.07 Å². The molecule has 1 aromatic carbocycles. The lowest BCUT2D eigenvalue weighted by Gasteiger charge is -2.02. The summed E-state index contributed by atoms with van der Waals surface area (Å²) in [5.41, 5.74) is 0.960. The minimum Gasteiger partial charge on any atom is -0.478 e. The second-order valence-electron chi connectivity index (χ2n) is 2.78. The number of nitriles is 1. The Morgan fingerprint density at radius 3 is 2.85 bits per heavy atom. The Balaban J connectivity index is 3.07. The molecule has 66 valence electrons. The molecule has 0 radical (unpaired) electrons. The molecule has 0 unspecified atom stereocenters. The molecule has 0 bridgehead atoms. The van der Waals surface area contributed by atoms with Crippen LogP contribution in [0.2, 0.25) is 0 Å². The van der Waals surface area contributed by atoms with Gasteiger partial charge in [-0.1, -0.05) is 12.1 Å². The highest BCUT2D eigenvalue weighted by atomic mass is 16.4. The van der Waals surface area contributed by atoms with Crippen LogP contribution in [0, 0.1) is 11.3 Å². The van der Waals surface area contributed by atoms with Crippen LogP contribution in [0.1, 0.15) is 28.8 Å². The van der Waals surface area contributed by atoms with Crippen molar-refractivity contribution >= 4 is 5.97 Å². The van der Waals surface area contributed by atoms with Crippen LogP contribution in [0.5, 0.6) is 0 Å². The topological polar surface area (TPSA) is 61.1 Å². The monoisotopic (exact) mass is 175 g/mol. The minimum atomic E-state index is -0.966. The predicted octanol–water partition coefficient (Wildman–Crippen LogP) is 2.01. The van der Waals surface area contributed by atoms with Crippen molar-refractivity contribution in [3.05, 3.63) is 35.4 Å². The number of benzene rings is 1. The fraction of sp³-hybridized carbons (Fsp3) is 0.200. The van der Waals surface area contributed by atoms with Crippen molar-refractivity contribution in [2.24, 2.45) is 0 Å². The Hall–Kier alpha value is -1.82. The van der Waals surface area contributed by atoms with Crippen LogP contribution in [-0.2, 0) is 0 Å². The Morgan fingerprint density at radius 2 is 2.31 bits per heavy atom. The summed E-state index contributed by atoms with van der Waals surface area (Å²) in [7, 11) is 0. The Labute approximate surface area is 76.2 Å². The van der Waals surface area contributed by atoms with Gasteiger partial charge < -0.3 is 5.11 Å². The Kier molecular flexibility index (Phi) is 2.65. The van der Waals surface area contributed by atoms with Gasteiger partial charge in [-0.05, 0) is 24.6 Å². The van der Waals surface area contributed by atoms with Gasteiger partial charge in [0.15, 0.2) is 0 Å². The molecule has 0 spiro atoms. The summed E-state index contributed by atoms with van der Waals surface area (Å²) in [4.78, 5) is 10.6. The number of carboxylic acid groups (broad SMARTS) is 1. The average molecular weight is 175 g/mol. The van der Waals surface area contributed by atoms with E-state index in [2.05, 4.69) is 6.07 Å². The molecule has 1 atom stereocenters. The van der Waals surface area contributed by atoms with Crippen LogP contribution in [0.25, 0.3) is 0 Å². The van der Waals surface area contributed by atoms with Crippen molar-refractivity contribution in [1.82, 2.24) is 0 Å². The lowest BCUT2D eigenvalue weighted by molar-refractivity contribution is 0.0697. The SMILES string of the molecule is C[C@@H](C#N)c1cccc(C(=O)O)c1. The highest BCUT2D eigenvalue weighted by molar-refractivity contribution is 5.87. The maximum atomic E-state index is 10.6. The van der Waals surface area contributed by atoms with E-state index < -0.39 is 5.97 Å². The van der Waals surface area contributed by atoms with Crippen LogP contribution < -0.4 is 0 Å². The normalized spacial score (nSPS) is 11.7. The van der Waals surface area contributed by atoms with Crippen LogP contribution in [-0.4, -0.2) is 11.1 Å². The molecular weight excluding hydrogens is 166 g/mol. The van der Waals surface area contributed by atoms with Crippen LogP contribution >= 0.6 is 0 Å². The summed E-state index contributed by atoms with van der Waals surface area (Å²) in [6.45, 7) is 1.74. The van der Waals surface area contributed by atoms with Gasteiger partial charge in [0.1, 0.15) is 0 Å². The first-order valence-corrected chi connectivity index (χ1v) is 3.88. The first-order valence-electron chi connectivity index (χ1n) is 3.88. The fourth-order valence-electron chi connectivity index (χ4n) is 1.02. The highest BCUT2D eigenvalue weighted by Gasteiger charge is 2.07. The third-order valence-corrected chi connectivity index (χ3v) is 1.83. The lowest BCUT2D eigenvalue weighted by atomic mass is 10.0. The minimum absolute atomic E-state index is 0.222.